The lowest BCUT2D eigenvalue weighted by molar-refractivity contribution is 0.131. The number of oxime groups is 1. The van der Waals surface area contributed by atoms with Crippen molar-refractivity contribution in [2.75, 3.05) is 0 Å². The summed E-state index contributed by atoms with van der Waals surface area (Å²) in [7, 11) is 0. The van der Waals surface area contributed by atoms with Crippen LogP contribution in [-0.4, -0.2) is 12.3 Å². The van der Waals surface area contributed by atoms with Crippen LogP contribution in [-0.2, 0) is 11.4 Å². The highest BCUT2D eigenvalue weighted by molar-refractivity contribution is 6.42. The third kappa shape index (κ3) is 4.51. The summed E-state index contributed by atoms with van der Waals surface area (Å²) < 4.78 is 0. The van der Waals surface area contributed by atoms with Gasteiger partial charge in [-0.3, -0.25) is 0 Å². The van der Waals surface area contributed by atoms with Gasteiger partial charge in [0.05, 0.1) is 16.3 Å². The number of rotatable bonds is 4. The van der Waals surface area contributed by atoms with Gasteiger partial charge in [0.1, 0.15) is 6.61 Å². The summed E-state index contributed by atoms with van der Waals surface area (Å²) in [4.78, 5) is 5.01. The van der Waals surface area contributed by atoms with E-state index in [4.69, 9.17) is 33.8 Å². The summed E-state index contributed by atoms with van der Waals surface area (Å²) in [6.07, 6.45) is 1.53. The first-order chi connectivity index (χ1) is 7.09. The van der Waals surface area contributed by atoms with Crippen LogP contribution >= 0.6 is 23.2 Å². The molecule has 1 atom stereocenters. The maximum Gasteiger partial charge on any atom is 0.142 e. The predicted octanol–water partition coefficient (Wildman–Crippen LogP) is 2.84. The molecule has 0 aliphatic rings. The van der Waals surface area contributed by atoms with Gasteiger partial charge < -0.3 is 10.6 Å². The molecule has 1 rings (SSSR count). The molecule has 1 aromatic rings. The molecule has 0 spiro atoms. The van der Waals surface area contributed by atoms with Crippen LogP contribution in [0, 0.1) is 0 Å². The van der Waals surface area contributed by atoms with Crippen molar-refractivity contribution in [1.29, 1.82) is 0 Å². The standard InChI is InChI=1S/C10H12Cl2N2O/c1-7(13)5-14-15-6-8-2-3-9(11)10(12)4-8/h2-5,7H,6,13H2,1H3. The minimum Gasteiger partial charge on any atom is -0.391 e. The maximum absolute atomic E-state index is 5.83. The van der Waals surface area contributed by atoms with Gasteiger partial charge in [-0.2, -0.15) is 0 Å². The van der Waals surface area contributed by atoms with E-state index >= 15 is 0 Å². The molecule has 15 heavy (non-hydrogen) atoms. The Hall–Kier alpha value is -0.770. The molecule has 1 aromatic carbocycles. The fraction of sp³-hybridized carbons (Fsp3) is 0.300. The van der Waals surface area contributed by atoms with Crippen molar-refractivity contribution in [3.63, 3.8) is 0 Å². The van der Waals surface area contributed by atoms with Crippen LogP contribution in [0.25, 0.3) is 0 Å². The second-order valence-electron chi connectivity index (χ2n) is 3.14. The van der Waals surface area contributed by atoms with Gasteiger partial charge in [-0.15, -0.1) is 0 Å². The number of nitrogens with zero attached hydrogens (tertiary/aromatic N) is 1. The molecule has 3 nitrogen and oxygen atoms in total. The van der Waals surface area contributed by atoms with E-state index in [1.165, 1.54) is 6.21 Å². The van der Waals surface area contributed by atoms with E-state index in [9.17, 15) is 0 Å². The summed E-state index contributed by atoms with van der Waals surface area (Å²) in [6, 6.07) is 5.18. The Kier molecular flexibility index (Phi) is 4.88. The summed E-state index contributed by atoms with van der Waals surface area (Å²) in [5, 5.41) is 4.73. The van der Waals surface area contributed by atoms with Crippen LogP contribution in [0.2, 0.25) is 10.0 Å². The summed E-state index contributed by atoms with van der Waals surface area (Å²) in [5.74, 6) is 0. The van der Waals surface area contributed by atoms with Crippen molar-refractivity contribution in [3.05, 3.63) is 33.8 Å². The molecule has 0 saturated heterocycles. The Bertz CT molecular complexity index is 353. The molecule has 0 aromatic heterocycles. The quantitative estimate of drug-likeness (QED) is 0.656. The number of hydrogen-bond acceptors (Lipinski definition) is 3. The zero-order valence-electron chi connectivity index (χ0n) is 8.28. The SMILES string of the molecule is CC(N)C=NOCc1ccc(Cl)c(Cl)c1. The Morgan fingerprint density at radius 2 is 2.20 bits per heavy atom. The minimum absolute atomic E-state index is 0.112. The molecule has 0 fully saturated rings. The van der Waals surface area contributed by atoms with Gasteiger partial charge in [-0.1, -0.05) is 34.4 Å². The first-order valence-corrected chi connectivity index (χ1v) is 5.20. The molecule has 0 bridgehead atoms. The highest BCUT2D eigenvalue weighted by Gasteiger charge is 1.99. The fourth-order valence-corrected chi connectivity index (χ4v) is 1.20. The van der Waals surface area contributed by atoms with Gasteiger partial charge >= 0.3 is 0 Å². The third-order valence-electron chi connectivity index (χ3n) is 1.59. The number of halogens is 2. The van der Waals surface area contributed by atoms with Crippen molar-refractivity contribution in [2.45, 2.75) is 19.6 Å². The van der Waals surface area contributed by atoms with Crippen LogP contribution in [0.15, 0.2) is 23.4 Å². The van der Waals surface area contributed by atoms with Crippen LogP contribution in [0.1, 0.15) is 12.5 Å². The monoisotopic (exact) mass is 246 g/mol. The lowest BCUT2D eigenvalue weighted by Gasteiger charge is -2.02. The first kappa shape index (κ1) is 12.3. The smallest absolute Gasteiger partial charge is 0.142 e. The summed E-state index contributed by atoms with van der Waals surface area (Å²) >= 11 is 11.6. The predicted molar refractivity (Wildman–Crippen MR) is 63.4 cm³/mol. The Balaban J connectivity index is 2.48. The van der Waals surface area contributed by atoms with Crippen LogP contribution in [0.4, 0.5) is 0 Å². The molecule has 1 unspecified atom stereocenters. The molecular weight excluding hydrogens is 235 g/mol. The second kappa shape index (κ2) is 5.95. The fourth-order valence-electron chi connectivity index (χ4n) is 0.880. The molecule has 2 N–H and O–H groups in total. The van der Waals surface area contributed by atoms with Gasteiger partial charge in [0.15, 0.2) is 0 Å². The van der Waals surface area contributed by atoms with Crippen molar-refractivity contribution in [2.24, 2.45) is 10.9 Å². The van der Waals surface area contributed by atoms with Gasteiger partial charge in [0.25, 0.3) is 0 Å². The minimum atomic E-state index is -0.112. The highest BCUT2D eigenvalue weighted by Crippen LogP contribution is 2.22. The Morgan fingerprint density at radius 3 is 2.80 bits per heavy atom. The Morgan fingerprint density at radius 1 is 1.47 bits per heavy atom. The number of benzene rings is 1. The van der Waals surface area contributed by atoms with E-state index in [0.29, 0.717) is 16.7 Å². The van der Waals surface area contributed by atoms with E-state index in [1.807, 2.05) is 13.0 Å². The molecular formula is C10H12Cl2N2O. The second-order valence-corrected chi connectivity index (χ2v) is 3.95. The summed E-state index contributed by atoms with van der Waals surface area (Å²) in [6.45, 7) is 2.16. The molecule has 0 saturated carbocycles. The van der Waals surface area contributed by atoms with E-state index in [-0.39, 0.29) is 6.04 Å². The molecule has 0 aliphatic heterocycles. The van der Waals surface area contributed by atoms with Crippen molar-refractivity contribution in [1.82, 2.24) is 0 Å². The molecule has 0 aliphatic carbocycles. The van der Waals surface area contributed by atoms with Crippen LogP contribution in [0.5, 0.6) is 0 Å². The van der Waals surface area contributed by atoms with Crippen molar-refractivity contribution < 1.29 is 4.84 Å². The van der Waals surface area contributed by atoms with Crippen molar-refractivity contribution in [3.8, 4) is 0 Å². The van der Waals surface area contributed by atoms with E-state index in [0.717, 1.165) is 5.56 Å². The van der Waals surface area contributed by atoms with Gasteiger partial charge in [-0.05, 0) is 24.6 Å². The lowest BCUT2D eigenvalue weighted by Crippen LogP contribution is -2.15. The summed E-state index contributed by atoms with van der Waals surface area (Å²) in [5.41, 5.74) is 6.36. The van der Waals surface area contributed by atoms with Crippen LogP contribution < -0.4 is 5.73 Å². The van der Waals surface area contributed by atoms with E-state index in [1.54, 1.807) is 12.1 Å². The number of nitrogens with two attached hydrogens (primary N) is 1. The first-order valence-electron chi connectivity index (χ1n) is 4.44. The largest absolute Gasteiger partial charge is 0.391 e. The molecule has 0 amide bonds. The average Bonchev–Trinajstić information content (AvgIpc) is 2.18. The van der Waals surface area contributed by atoms with Crippen molar-refractivity contribution >= 4 is 29.4 Å². The molecule has 0 radical (unpaired) electrons. The molecule has 82 valence electrons. The number of hydrogen-bond donors (Lipinski definition) is 1. The van der Waals surface area contributed by atoms with Gasteiger partial charge in [-0.25, -0.2) is 0 Å². The lowest BCUT2D eigenvalue weighted by atomic mass is 10.2. The average molecular weight is 247 g/mol. The molecule has 0 heterocycles. The van der Waals surface area contributed by atoms with E-state index < -0.39 is 0 Å². The Labute approximate surface area is 98.8 Å². The van der Waals surface area contributed by atoms with Gasteiger partial charge in [0, 0.05) is 6.04 Å². The van der Waals surface area contributed by atoms with E-state index in [2.05, 4.69) is 5.16 Å². The zero-order chi connectivity index (χ0) is 11.3. The maximum atomic E-state index is 5.83. The normalized spacial score (nSPS) is 13.1. The third-order valence-corrected chi connectivity index (χ3v) is 2.32. The topological polar surface area (TPSA) is 47.6 Å². The zero-order valence-corrected chi connectivity index (χ0v) is 9.79. The van der Waals surface area contributed by atoms with Gasteiger partial charge in [0.2, 0.25) is 0 Å². The van der Waals surface area contributed by atoms with Crippen LogP contribution in [0.3, 0.4) is 0 Å². The molecule has 5 heteroatoms. The highest BCUT2D eigenvalue weighted by atomic mass is 35.5.